The Morgan fingerprint density at radius 1 is 1.06 bits per heavy atom. The molecule has 0 aromatic heterocycles. The summed E-state index contributed by atoms with van der Waals surface area (Å²) in [6.45, 7) is 12.2. The van der Waals surface area contributed by atoms with Crippen LogP contribution in [0.1, 0.15) is 52.9 Å². The molecule has 2 rings (SSSR count). The van der Waals surface area contributed by atoms with Gasteiger partial charge in [-0.2, -0.15) is 0 Å². The predicted octanol–water partition coefficient (Wildman–Crippen LogP) is 3.13. The average molecular weight is 252 g/mol. The molecule has 2 unspecified atom stereocenters. The number of rotatable bonds is 4. The Bertz CT molecular complexity index is 233. The highest BCUT2D eigenvalue weighted by Gasteiger charge is 2.27. The highest BCUT2D eigenvalue weighted by atomic mass is 15.1. The van der Waals surface area contributed by atoms with Crippen LogP contribution in [-0.2, 0) is 0 Å². The third-order valence-corrected chi connectivity index (χ3v) is 5.11. The lowest BCUT2D eigenvalue weighted by molar-refractivity contribution is 0.114. The molecule has 0 radical (unpaired) electrons. The SMILES string of the molecule is CCNC1CCN(CC2CCC(C)CC2)CC1C. The first-order valence-corrected chi connectivity index (χ1v) is 8.14. The van der Waals surface area contributed by atoms with Crippen molar-refractivity contribution in [2.75, 3.05) is 26.2 Å². The van der Waals surface area contributed by atoms with Gasteiger partial charge in [0.05, 0.1) is 0 Å². The largest absolute Gasteiger partial charge is 0.314 e. The minimum atomic E-state index is 0.762. The Morgan fingerprint density at radius 2 is 1.78 bits per heavy atom. The molecule has 1 aliphatic carbocycles. The van der Waals surface area contributed by atoms with Gasteiger partial charge in [-0.25, -0.2) is 0 Å². The summed E-state index contributed by atoms with van der Waals surface area (Å²) in [5, 5.41) is 3.64. The molecular formula is C16H32N2. The summed E-state index contributed by atoms with van der Waals surface area (Å²) in [4.78, 5) is 2.74. The first-order chi connectivity index (χ1) is 8.69. The van der Waals surface area contributed by atoms with E-state index in [0.717, 1.165) is 30.3 Å². The zero-order valence-corrected chi connectivity index (χ0v) is 12.6. The second-order valence-corrected chi connectivity index (χ2v) is 6.82. The summed E-state index contributed by atoms with van der Waals surface area (Å²) >= 11 is 0. The fourth-order valence-corrected chi connectivity index (χ4v) is 3.84. The van der Waals surface area contributed by atoms with Gasteiger partial charge >= 0.3 is 0 Å². The van der Waals surface area contributed by atoms with Crippen molar-refractivity contribution in [3.8, 4) is 0 Å². The maximum absolute atomic E-state index is 3.64. The van der Waals surface area contributed by atoms with Crippen molar-refractivity contribution in [1.29, 1.82) is 0 Å². The Morgan fingerprint density at radius 3 is 2.39 bits per heavy atom. The maximum Gasteiger partial charge on any atom is 0.0117 e. The summed E-state index contributed by atoms with van der Waals surface area (Å²) in [5.74, 6) is 2.80. The average Bonchev–Trinajstić information content (AvgIpc) is 2.36. The van der Waals surface area contributed by atoms with E-state index in [2.05, 4.69) is 31.0 Å². The minimum absolute atomic E-state index is 0.762. The fraction of sp³-hybridized carbons (Fsp3) is 1.00. The number of piperidine rings is 1. The molecule has 1 N–H and O–H groups in total. The molecule has 0 aromatic carbocycles. The second kappa shape index (κ2) is 6.91. The molecule has 1 saturated heterocycles. The summed E-state index contributed by atoms with van der Waals surface area (Å²) in [7, 11) is 0. The second-order valence-electron chi connectivity index (χ2n) is 6.82. The monoisotopic (exact) mass is 252 g/mol. The number of hydrogen-bond acceptors (Lipinski definition) is 2. The van der Waals surface area contributed by atoms with E-state index in [0.29, 0.717) is 0 Å². The van der Waals surface area contributed by atoms with E-state index in [1.54, 1.807) is 0 Å². The van der Waals surface area contributed by atoms with Gasteiger partial charge in [-0.15, -0.1) is 0 Å². The van der Waals surface area contributed by atoms with Crippen LogP contribution in [0.25, 0.3) is 0 Å². The topological polar surface area (TPSA) is 15.3 Å². The van der Waals surface area contributed by atoms with Crippen LogP contribution in [-0.4, -0.2) is 37.1 Å². The van der Waals surface area contributed by atoms with Gasteiger partial charge < -0.3 is 10.2 Å². The smallest absolute Gasteiger partial charge is 0.0117 e. The van der Waals surface area contributed by atoms with Crippen molar-refractivity contribution < 1.29 is 0 Å². The lowest BCUT2D eigenvalue weighted by Gasteiger charge is -2.39. The van der Waals surface area contributed by atoms with Crippen LogP contribution in [0.15, 0.2) is 0 Å². The van der Waals surface area contributed by atoms with E-state index in [4.69, 9.17) is 0 Å². The maximum atomic E-state index is 3.64. The first-order valence-electron chi connectivity index (χ1n) is 8.14. The Labute approximate surface area is 114 Å². The zero-order chi connectivity index (χ0) is 13.0. The fourth-order valence-electron chi connectivity index (χ4n) is 3.84. The molecule has 2 atom stereocenters. The summed E-state index contributed by atoms with van der Waals surface area (Å²) in [5.41, 5.74) is 0. The molecule has 18 heavy (non-hydrogen) atoms. The van der Waals surface area contributed by atoms with Crippen molar-refractivity contribution in [1.82, 2.24) is 10.2 Å². The Hall–Kier alpha value is -0.0800. The molecular weight excluding hydrogens is 220 g/mol. The van der Waals surface area contributed by atoms with Crippen LogP contribution < -0.4 is 5.32 Å². The zero-order valence-electron chi connectivity index (χ0n) is 12.6. The van der Waals surface area contributed by atoms with Crippen molar-refractivity contribution in [3.05, 3.63) is 0 Å². The standard InChI is InChI=1S/C16H32N2/c1-4-17-16-9-10-18(11-14(16)3)12-15-7-5-13(2)6-8-15/h13-17H,4-12H2,1-3H3. The van der Waals surface area contributed by atoms with Crippen LogP contribution in [0.5, 0.6) is 0 Å². The van der Waals surface area contributed by atoms with Crippen LogP contribution in [0.2, 0.25) is 0 Å². The van der Waals surface area contributed by atoms with E-state index in [9.17, 15) is 0 Å². The van der Waals surface area contributed by atoms with Crippen molar-refractivity contribution in [2.24, 2.45) is 17.8 Å². The van der Waals surface area contributed by atoms with Gasteiger partial charge in [0.1, 0.15) is 0 Å². The summed E-state index contributed by atoms with van der Waals surface area (Å²) in [6.07, 6.45) is 7.23. The first kappa shape index (κ1) is 14.3. The molecule has 0 bridgehead atoms. The van der Waals surface area contributed by atoms with Gasteiger partial charge in [-0.3, -0.25) is 0 Å². The van der Waals surface area contributed by atoms with E-state index in [-0.39, 0.29) is 0 Å². The molecule has 2 nitrogen and oxygen atoms in total. The highest BCUT2D eigenvalue weighted by Crippen LogP contribution is 2.29. The molecule has 2 heteroatoms. The van der Waals surface area contributed by atoms with Gasteiger partial charge in [0.25, 0.3) is 0 Å². The van der Waals surface area contributed by atoms with Crippen LogP contribution in [0.4, 0.5) is 0 Å². The molecule has 1 saturated carbocycles. The van der Waals surface area contributed by atoms with Crippen LogP contribution in [0.3, 0.4) is 0 Å². The number of likely N-dealkylation sites (tertiary alicyclic amines) is 1. The van der Waals surface area contributed by atoms with Crippen LogP contribution in [0, 0.1) is 17.8 Å². The molecule has 0 amide bonds. The van der Waals surface area contributed by atoms with Crippen molar-refractivity contribution in [2.45, 2.75) is 58.9 Å². The molecule has 0 aromatic rings. The van der Waals surface area contributed by atoms with Gasteiger partial charge in [0.2, 0.25) is 0 Å². The van der Waals surface area contributed by atoms with E-state index < -0.39 is 0 Å². The molecule has 2 aliphatic rings. The van der Waals surface area contributed by atoms with Gasteiger partial charge in [0.15, 0.2) is 0 Å². The Balaban J connectivity index is 1.72. The quantitative estimate of drug-likeness (QED) is 0.827. The van der Waals surface area contributed by atoms with Crippen molar-refractivity contribution in [3.63, 3.8) is 0 Å². The predicted molar refractivity (Wildman–Crippen MR) is 78.8 cm³/mol. The molecule has 1 aliphatic heterocycles. The van der Waals surface area contributed by atoms with E-state index >= 15 is 0 Å². The molecule has 0 spiro atoms. The lowest BCUT2D eigenvalue weighted by atomic mass is 9.82. The van der Waals surface area contributed by atoms with Crippen molar-refractivity contribution >= 4 is 0 Å². The van der Waals surface area contributed by atoms with Gasteiger partial charge in [-0.1, -0.05) is 33.6 Å². The van der Waals surface area contributed by atoms with Crippen LogP contribution >= 0.6 is 0 Å². The summed E-state index contributed by atoms with van der Waals surface area (Å²) in [6, 6.07) is 0.762. The molecule has 2 fully saturated rings. The third-order valence-electron chi connectivity index (χ3n) is 5.11. The molecule has 1 heterocycles. The number of nitrogens with one attached hydrogen (secondary N) is 1. The number of hydrogen-bond donors (Lipinski definition) is 1. The summed E-state index contributed by atoms with van der Waals surface area (Å²) < 4.78 is 0. The van der Waals surface area contributed by atoms with Gasteiger partial charge in [-0.05, 0) is 50.1 Å². The Kier molecular flexibility index (Phi) is 5.50. The lowest BCUT2D eigenvalue weighted by Crippen LogP contribution is -2.49. The normalized spacial score (nSPS) is 38.8. The molecule has 106 valence electrons. The van der Waals surface area contributed by atoms with E-state index in [1.165, 1.54) is 51.7 Å². The van der Waals surface area contributed by atoms with E-state index in [1.807, 2.05) is 0 Å². The third kappa shape index (κ3) is 3.96. The minimum Gasteiger partial charge on any atom is -0.314 e. The number of nitrogens with zero attached hydrogens (tertiary/aromatic N) is 1. The van der Waals surface area contributed by atoms with Gasteiger partial charge in [0, 0.05) is 19.1 Å². The highest BCUT2D eigenvalue weighted by molar-refractivity contribution is 4.84.